The van der Waals surface area contributed by atoms with Crippen LogP contribution in [0.1, 0.15) is 12.0 Å². The third-order valence-corrected chi connectivity index (χ3v) is 3.11. The van der Waals surface area contributed by atoms with Crippen LogP contribution >= 0.6 is 0 Å². The average Bonchev–Trinajstić information content (AvgIpc) is 2.78. The maximum Gasteiger partial charge on any atom is 0.319 e. The van der Waals surface area contributed by atoms with E-state index in [0.717, 1.165) is 17.8 Å². The van der Waals surface area contributed by atoms with E-state index in [-0.39, 0.29) is 12.6 Å². The van der Waals surface area contributed by atoms with Crippen molar-refractivity contribution in [3.63, 3.8) is 0 Å². The molecule has 1 heterocycles. The van der Waals surface area contributed by atoms with Crippen LogP contribution in [0.25, 0.3) is 0 Å². The third kappa shape index (κ3) is 3.45. The Morgan fingerprint density at radius 3 is 2.78 bits per heavy atom. The highest BCUT2D eigenvalue weighted by Gasteiger charge is 2.31. The average molecular weight is 249 g/mol. The first-order valence-electron chi connectivity index (χ1n) is 6.12. The fourth-order valence-corrected chi connectivity index (χ4v) is 1.94. The number of hydrogen-bond donors (Lipinski definition) is 4. The topological polar surface area (TPSA) is 73.4 Å². The minimum Gasteiger partial charge on any atom is -0.387 e. The van der Waals surface area contributed by atoms with Gasteiger partial charge in [0.15, 0.2) is 0 Å². The number of rotatable bonds is 3. The number of carbonyl (C=O) groups excluding carboxylic acids is 1. The standard InChI is InChI=1S/C13H19N3O2/c1-10-2-4-11(5-3-10)16-12(17)15-9-13(18)6-7-14-8-13/h2-5,14,18H,6-9H2,1H3,(H2,15,16,17). The zero-order chi connectivity index (χ0) is 13.0. The number of urea groups is 1. The van der Waals surface area contributed by atoms with Crippen molar-refractivity contribution in [2.75, 3.05) is 25.0 Å². The lowest BCUT2D eigenvalue weighted by molar-refractivity contribution is 0.0640. The summed E-state index contributed by atoms with van der Waals surface area (Å²) in [6.07, 6.45) is 0.664. The second-order valence-corrected chi connectivity index (χ2v) is 4.82. The smallest absolute Gasteiger partial charge is 0.319 e. The van der Waals surface area contributed by atoms with E-state index >= 15 is 0 Å². The van der Waals surface area contributed by atoms with Gasteiger partial charge in [0.05, 0.1) is 5.60 Å². The Hall–Kier alpha value is -1.59. The minimum atomic E-state index is -0.815. The van der Waals surface area contributed by atoms with Gasteiger partial charge >= 0.3 is 6.03 Å². The Balaban J connectivity index is 1.80. The molecule has 1 atom stereocenters. The highest BCUT2D eigenvalue weighted by atomic mass is 16.3. The second kappa shape index (κ2) is 5.37. The lowest BCUT2D eigenvalue weighted by atomic mass is 10.0. The molecule has 1 aromatic carbocycles. The van der Waals surface area contributed by atoms with E-state index in [1.54, 1.807) is 0 Å². The maximum absolute atomic E-state index is 11.6. The van der Waals surface area contributed by atoms with Gasteiger partial charge < -0.3 is 21.1 Å². The van der Waals surface area contributed by atoms with Gasteiger partial charge in [0.2, 0.25) is 0 Å². The number of anilines is 1. The number of aliphatic hydroxyl groups is 1. The van der Waals surface area contributed by atoms with Gasteiger partial charge in [0.25, 0.3) is 0 Å². The van der Waals surface area contributed by atoms with Crippen LogP contribution in [0.3, 0.4) is 0 Å². The number of hydrogen-bond acceptors (Lipinski definition) is 3. The summed E-state index contributed by atoms with van der Waals surface area (Å²) < 4.78 is 0. The van der Waals surface area contributed by atoms with E-state index in [9.17, 15) is 9.90 Å². The van der Waals surface area contributed by atoms with Gasteiger partial charge in [-0.05, 0) is 32.0 Å². The summed E-state index contributed by atoms with van der Waals surface area (Å²) in [6.45, 7) is 3.57. The van der Waals surface area contributed by atoms with E-state index in [0.29, 0.717) is 13.0 Å². The Kier molecular flexibility index (Phi) is 3.84. The van der Waals surface area contributed by atoms with Gasteiger partial charge in [-0.3, -0.25) is 0 Å². The molecule has 18 heavy (non-hydrogen) atoms. The largest absolute Gasteiger partial charge is 0.387 e. The van der Waals surface area contributed by atoms with Gasteiger partial charge in [-0.25, -0.2) is 4.79 Å². The predicted octanol–water partition coefficient (Wildman–Crippen LogP) is 0.841. The fourth-order valence-electron chi connectivity index (χ4n) is 1.94. The Morgan fingerprint density at radius 1 is 1.44 bits per heavy atom. The molecule has 2 rings (SSSR count). The van der Waals surface area contributed by atoms with E-state index in [1.165, 1.54) is 0 Å². The molecule has 2 amide bonds. The summed E-state index contributed by atoms with van der Waals surface area (Å²) in [7, 11) is 0. The zero-order valence-electron chi connectivity index (χ0n) is 10.5. The van der Waals surface area contributed by atoms with Crippen molar-refractivity contribution in [1.82, 2.24) is 10.6 Å². The molecule has 0 spiro atoms. The molecule has 1 aliphatic heterocycles. The van der Waals surface area contributed by atoms with Crippen molar-refractivity contribution < 1.29 is 9.90 Å². The first kappa shape index (κ1) is 12.9. The maximum atomic E-state index is 11.6. The van der Waals surface area contributed by atoms with Crippen molar-refractivity contribution >= 4 is 11.7 Å². The number of nitrogens with one attached hydrogen (secondary N) is 3. The molecular formula is C13H19N3O2. The van der Waals surface area contributed by atoms with Crippen LogP contribution in [0.15, 0.2) is 24.3 Å². The van der Waals surface area contributed by atoms with Gasteiger partial charge in [0.1, 0.15) is 0 Å². The minimum absolute atomic E-state index is 0.262. The first-order chi connectivity index (χ1) is 8.57. The van der Waals surface area contributed by atoms with Gasteiger partial charge in [-0.15, -0.1) is 0 Å². The molecule has 1 saturated heterocycles. The van der Waals surface area contributed by atoms with Crippen LogP contribution in [-0.4, -0.2) is 36.4 Å². The zero-order valence-corrected chi connectivity index (χ0v) is 10.5. The molecular weight excluding hydrogens is 230 g/mol. The van der Waals surface area contributed by atoms with Crippen molar-refractivity contribution in [3.8, 4) is 0 Å². The first-order valence-corrected chi connectivity index (χ1v) is 6.12. The highest BCUT2D eigenvalue weighted by molar-refractivity contribution is 5.89. The number of benzene rings is 1. The molecule has 0 aliphatic carbocycles. The van der Waals surface area contributed by atoms with E-state index in [2.05, 4.69) is 16.0 Å². The van der Waals surface area contributed by atoms with Crippen LogP contribution in [-0.2, 0) is 0 Å². The van der Waals surface area contributed by atoms with Gasteiger partial charge in [-0.2, -0.15) is 0 Å². The van der Waals surface area contributed by atoms with Crippen LogP contribution in [0, 0.1) is 6.92 Å². The molecule has 4 N–H and O–H groups in total. The molecule has 0 bridgehead atoms. The Labute approximate surface area is 107 Å². The molecule has 1 fully saturated rings. The summed E-state index contributed by atoms with van der Waals surface area (Å²) in [5.74, 6) is 0. The Bertz CT molecular complexity index is 411. The molecule has 0 radical (unpaired) electrons. The lowest BCUT2D eigenvalue weighted by Crippen LogP contribution is -2.45. The molecule has 5 heteroatoms. The van der Waals surface area contributed by atoms with E-state index in [1.807, 2.05) is 31.2 Å². The van der Waals surface area contributed by atoms with Crippen molar-refractivity contribution in [3.05, 3.63) is 29.8 Å². The summed E-state index contributed by atoms with van der Waals surface area (Å²) in [5.41, 5.74) is 1.08. The third-order valence-electron chi connectivity index (χ3n) is 3.11. The molecule has 0 aromatic heterocycles. The number of carbonyl (C=O) groups is 1. The predicted molar refractivity (Wildman–Crippen MR) is 70.6 cm³/mol. The van der Waals surface area contributed by atoms with Crippen molar-refractivity contribution in [1.29, 1.82) is 0 Å². The second-order valence-electron chi connectivity index (χ2n) is 4.82. The summed E-state index contributed by atoms with van der Waals surface area (Å²) in [4.78, 5) is 11.6. The monoisotopic (exact) mass is 249 g/mol. The molecule has 1 unspecified atom stereocenters. The lowest BCUT2D eigenvalue weighted by Gasteiger charge is -2.21. The quantitative estimate of drug-likeness (QED) is 0.641. The van der Waals surface area contributed by atoms with Crippen molar-refractivity contribution in [2.24, 2.45) is 0 Å². The number of β-amino-alcohol motifs (C(OH)–C–C–N with tert-alkyl or cyclic N) is 1. The summed E-state index contributed by atoms with van der Waals surface area (Å²) in [6, 6.07) is 7.27. The molecule has 5 nitrogen and oxygen atoms in total. The van der Waals surface area contributed by atoms with Crippen LogP contribution < -0.4 is 16.0 Å². The summed E-state index contributed by atoms with van der Waals surface area (Å²) in [5, 5.41) is 18.5. The highest BCUT2D eigenvalue weighted by Crippen LogP contribution is 2.13. The SMILES string of the molecule is Cc1ccc(NC(=O)NCC2(O)CCNC2)cc1. The van der Waals surface area contributed by atoms with E-state index < -0.39 is 5.60 Å². The van der Waals surface area contributed by atoms with Crippen molar-refractivity contribution in [2.45, 2.75) is 18.9 Å². The fraction of sp³-hybridized carbons (Fsp3) is 0.462. The molecule has 0 saturated carbocycles. The summed E-state index contributed by atoms with van der Waals surface area (Å²) >= 11 is 0. The van der Waals surface area contributed by atoms with Crippen LogP contribution in [0.5, 0.6) is 0 Å². The van der Waals surface area contributed by atoms with Gasteiger partial charge in [-0.1, -0.05) is 17.7 Å². The van der Waals surface area contributed by atoms with Gasteiger partial charge in [0, 0.05) is 18.8 Å². The van der Waals surface area contributed by atoms with Crippen LogP contribution in [0.2, 0.25) is 0 Å². The van der Waals surface area contributed by atoms with E-state index in [4.69, 9.17) is 0 Å². The molecule has 1 aromatic rings. The molecule has 98 valence electrons. The number of amides is 2. The molecule has 1 aliphatic rings. The number of aryl methyl sites for hydroxylation is 1. The normalized spacial score (nSPS) is 22.8. The Morgan fingerprint density at radius 2 is 2.17 bits per heavy atom. The van der Waals surface area contributed by atoms with Crippen LogP contribution in [0.4, 0.5) is 10.5 Å².